The maximum absolute atomic E-state index is 13.1. The third-order valence-corrected chi connectivity index (χ3v) is 9.58. The molecule has 0 saturated carbocycles. The van der Waals surface area contributed by atoms with Crippen LogP contribution in [0.2, 0.25) is 5.02 Å². The summed E-state index contributed by atoms with van der Waals surface area (Å²) in [5.74, 6) is 0. The van der Waals surface area contributed by atoms with Crippen molar-refractivity contribution in [2.75, 3.05) is 23.9 Å². The zero-order valence-electron chi connectivity index (χ0n) is 16.4. The molecule has 2 aromatic carbocycles. The number of hydrogen-bond acceptors (Lipinski definition) is 6. The lowest BCUT2D eigenvalue weighted by Gasteiger charge is -2.26. The number of anilines is 1. The molecule has 2 aliphatic heterocycles. The van der Waals surface area contributed by atoms with Gasteiger partial charge in [0.1, 0.15) is 5.02 Å². The van der Waals surface area contributed by atoms with Crippen LogP contribution < -0.4 is 4.31 Å². The lowest BCUT2D eigenvalue weighted by Crippen LogP contribution is -2.35. The van der Waals surface area contributed by atoms with Gasteiger partial charge in [-0.2, -0.15) is 4.31 Å². The number of nitro groups is 1. The summed E-state index contributed by atoms with van der Waals surface area (Å²) < 4.78 is 54.8. The molecule has 166 valence electrons. The highest BCUT2D eigenvalue weighted by Gasteiger charge is 2.34. The Morgan fingerprint density at radius 2 is 1.52 bits per heavy atom. The molecule has 0 spiro atoms. The van der Waals surface area contributed by atoms with Gasteiger partial charge in [0, 0.05) is 25.7 Å². The Kier molecular flexibility index (Phi) is 5.71. The Morgan fingerprint density at radius 3 is 2.19 bits per heavy atom. The minimum atomic E-state index is -4.08. The summed E-state index contributed by atoms with van der Waals surface area (Å²) in [5, 5.41) is 11.0. The summed E-state index contributed by atoms with van der Waals surface area (Å²) in [5.41, 5.74) is 0.477. The quantitative estimate of drug-likeness (QED) is 0.474. The molecule has 9 nitrogen and oxygen atoms in total. The number of halogens is 1. The molecule has 2 aliphatic rings. The van der Waals surface area contributed by atoms with E-state index in [-0.39, 0.29) is 21.4 Å². The highest BCUT2D eigenvalue weighted by Crippen LogP contribution is 2.36. The first-order chi connectivity index (χ1) is 14.6. The Bertz CT molecular complexity index is 1260. The van der Waals surface area contributed by atoms with E-state index in [1.807, 2.05) is 0 Å². The fourth-order valence-corrected chi connectivity index (χ4v) is 7.21. The van der Waals surface area contributed by atoms with Gasteiger partial charge in [0.05, 0.1) is 20.4 Å². The number of sulfonamides is 2. The van der Waals surface area contributed by atoms with Gasteiger partial charge in [-0.15, -0.1) is 0 Å². The molecule has 1 saturated heterocycles. The van der Waals surface area contributed by atoms with Crippen LogP contribution in [0, 0.1) is 10.1 Å². The molecule has 0 amide bonds. The van der Waals surface area contributed by atoms with Crippen LogP contribution in [0.25, 0.3) is 0 Å². The molecule has 0 aliphatic carbocycles. The van der Waals surface area contributed by atoms with Crippen molar-refractivity contribution in [2.24, 2.45) is 0 Å². The Balaban J connectivity index is 1.68. The first-order valence-corrected chi connectivity index (χ1v) is 13.0. The second kappa shape index (κ2) is 8.05. The molecule has 0 bridgehead atoms. The lowest BCUT2D eigenvalue weighted by atomic mass is 10.2. The van der Waals surface area contributed by atoms with E-state index in [0.717, 1.165) is 29.6 Å². The zero-order chi connectivity index (χ0) is 22.4. The smallest absolute Gasteiger partial charge is 0.266 e. The van der Waals surface area contributed by atoms with Gasteiger partial charge < -0.3 is 0 Å². The van der Waals surface area contributed by atoms with Crippen LogP contribution in [0.4, 0.5) is 11.4 Å². The molecular weight excluding hydrogens is 466 g/mol. The predicted octanol–water partition coefficient (Wildman–Crippen LogP) is 3.17. The number of nitrogens with zero attached hydrogens (tertiary/aromatic N) is 3. The molecular formula is C19H20ClN3O6S2. The molecule has 0 aromatic heterocycles. The average molecular weight is 486 g/mol. The molecule has 31 heavy (non-hydrogen) atoms. The second-order valence-electron chi connectivity index (χ2n) is 7.45. The Labute approximate surface area is 185 Å². The average Bonchev–Trinajstić information content (AvgIpc) is 3.18. The summed E-state index contributed by atoms with van der Waals surface area (Å²) in [6.07, 6.45) is 2.99. The van der Waals surface area contributed by atoms with Crippen LogP contribution in [0.1, 0.15) is 24.8 Å². The van der Waals surface area contributed by atoms with Crippen LogP contribution in [-0.2, 0) is 26.5 Å². The largest absolute Gasteiger partial charge is 0.289 e. The third kappa shape index (κ3) is 3.91. The molecule has 0 radical (unpaired) electrons. The van der Waals surface area contributed by atoms with Crippen molar-refractivity contribution < 1.29 is 21.8 Å². The second-order valence-corrected chi connectivity index (χ2v) is 11.7. The molecule has 0 unspecified atom stereocenters. The van der Waals surface area contributed by atoms with Gasteiger partial charge in [-0.3, -0.25) is 14.4 Å². The van der Waals surface area contributed by atoms with E-state index in [9.17, 15) is 26.9 Å². The number of benzene rings is 2. The van der Waals surface area contributed by atoms with Crippen molar-refractivity contribution in [1.29, 1.82) is 0 Å². The fourth-order valence-electron chi connectivity index (χ4n) is 3.93. The van der Waals surface area contributed by atoms with Crippen molar-refractivity contribution in [3.05, 3.63) is 57.1 Å². The molecule has 2 aromatic rings. The van der Waals surface area contributed by atoms with Gasteiger partial charge in [0.25, 0.3) is 15.7 Å². The molecule has 4 rings (SSSR count). The first kappa shape index (κ1) is 22.0. The molecule has 0 N–H and O–H groups in total. The van der Waals surface area contributed by atoms with E-state index in [1.165, 1.54) is 34.6 Å². The molecule has 2 heterocycles. The van der Waals surface area contributed by atoms with Crippen molar-refractivity contribution in [2.45, 2.75) is 35.5 Å². The van der Waals surface area contributed by atoms with Crippen molar-refractivity contribution in [1.82, 2.24) is 4.31 Å². The lowest BCUT2D eigenvalue weighted by molar-refractivity contribution is -0.384. The van der Waals surface area contributed by atoms with Gasteiger partial charge in [-0.05, 0) is 55.2 Å². The van der Waals surface area contributed by atoms with Crippen LogP contribution in [-0.4, -0.2) is 45.7 Å². The minimum absolute atomic E-state index is 0.112. The predicted molar refractivity (Wildman–Crippen MR) is 115 cm³/mol. The topological polar surface area (TPSA) is 118 Å². The standard InChI is InChI=1S/C19H20ClN3O6S2/c20-17-6-4-16(13-19(17)23(24)25)31(28,29)22-11-8-14-12-15(5-7-18(14)22)30(26,27)21-9-2-1-3-10-21/h4-7,12-13H,1-3,8-11H2. The minimum Gasteiger partial charge on any atom is -0.266 e. The number of rotatable bonds is 5. The van der Waals surface area contributed by atoms with Crippen LogP contribution >= 0.6 is 11.6 Å². The Hall–Kier alpha value is -2.21. The monoisotopic (exact) mass is 485 g/mol. The normalized spacial score (nSPS) is 17.5. The maximum atomic E-state index is 13.1. The number of nitro benzene ring substituents is 1. The summed E-state index contributed by atoms with van der Waals surface area (Å²) in [7, 11) is -7.72. The van der Waals surface area contributed by atoms with E-state index in [4.69, 9.17) is 11.6 Å². The molecule has 1 fully saturated rings. The SMILES string of the molecule is O=[N+]([O-])c1cc(S(=O)(=O)N2CCc3cc(S(=O)(=O)N4CCCCC4)ccc32)ccc1Cl. The van der Waals surface area contributed by atoms with Gasteiger partial charge in [-0.25, -0.2) is 16.8 Å². The highest BCUT2D eigenvalue weighted by molar-refractivity contribution is 7.92. The van der Waals surface area contributed by atoms with Gasteiger partial charge in [-0.1, -0.05) is 18.0 Å². The third-order valence-electron chi connectivity index (χ3n) is 5.56. The van der Waals surface area contributed by atoms with Gasteiger partial charge in [0.15, 0.2) is 0 Å². The van der Waals surface area contributed by atoms with Gasteiger partial charge >= 0.3 is 0 Å². The molecule has 0 atom stereocenters. The summed E-state index contributed by atoms with van der Waals surface area (Å²) in [6.45, 7) is 1.08. The van der Waals surface area contributed by atoms with E-state index in [2.05, 4.69) is 0 Å². The number of hydrogen-bond donors (Lipinski definition) is 0. The fraction of sp³-hybridized carbons (Fsp3) is 0.368. The first-order valence-electron chi connectivity index (χ1n) is 9.72. The van der Waals surface area contributed by atoms with Crippen molar-refractivity contribution in [3.63, 3.8) is 0 Å². The van der Waals surface area contributed by atoms with E-state index in [1.54, 1.807) is 0 Å². The van der Waals surface area contributed by atoms with E-state index in [0.29, 0.717) is 30.8 Å². The Morgan fingerprint density at radius 1 is 0.871 bits per heavy atom. The zero-order valence-corrected chi connectivity index (χ0v) is 18.8. The van der Waals surface area contributed by atoms with Crippen molar-refractivity contribution >= 4 is 43.0 Å². The number of fused-ring (bicyclic) bond motifs is 1. The van der Waals surface area contributed by atoms with Crippen LogP contribution in [0.15, 0.2) is 46.2 Å². The summed E-state index contributed by atoms with van der Waals surface area (Å²) in [4.78, 5) is 10.3. The van der Waals surface area contributed by atoms with E-state index < -0.39 is 30.7 Å². The summed E-state index contributed by atoms with van der Waals surface area (Å²) in [6, 6.07) is 7.77. The molecule has 12 heteroatoms. The van der Waals surface area contributed by atoms with E-state index >= 15 is 0 Å². The van der Waals surface area contributed by atoms with Gasteiger partial charge in [0.2, 0.25) is 10.0 Å². The van der Waals surface area contributed by atoms with Crippen molar-refractivity contribution in [3.8, 4) is 0 Å². The summed E-state index contributed by atoms with van der Waals surface area (Å²) >= 11 is 5.80. The maximum Gasteiger partial charge on any atom is 0.289 e. The number of piperidine rings is 1. The van der Waals surface area contributed by atoms with Crippen LogP contribution in [0.3, 0.4) is 0 Å². The van der Waals surface area contributed by atoms with Crippen LogP contribution in [0.5, 0.6) is 0 Å². The highest BCUT2D eigenvalue weighted by atomic mass is 35.5.